The van der Waals surface area contributed by atoms with Gasteiger partial charge in [0.15, 0.2) is 0 Å². The van der Waals surface area contributed by atoms with Crippen molar-refractivity contribution in [2.75, 3.05) is 6.54 Å². The minimum absolute atomic E-state index is 0.201. The Morgan fingerprint density at radius 1 is 1.37 bits per heavy atom. The van der Waals surface area contributed by atoms with Crippen molar-refractivity contribution < 1.29 is 14.7 Å². The van der Waals surface area contributed by atoms with Gasteiger partial charge in [0.25, 0.3) is 5.91 Å². The smallest absolute Gasteiger partial charge is 0.311 e. The van der Waals surface area contributed by atoms with E-state index in [4.69, 9.17) is 0 Å². The second-order valence-corrected chi connectivity index (χ2v) is 6.70. The Bertz CT molecular complexity index is 480. The molecule has 1 amide bonds. The van der Waals surface area contributed by atoms with Crippen molar-refractivity contribution in [1.82, 2.24) is 5.32 Å². The van der Waals surface area contributed by atoms with Gasteiger partial charge in [-0.15, -0.1) is 11.3 Å². The molecule has 2 N–H and O–H groups in total. The van der Waals surface area contributed by atoms with Crippen molar-refractivity contribution in [2.45, 2.75) is 32.1 Å². The van der Waals surface area contributed by atoms with Gasteiger partial charge < -0.3 is 10.4 Å². The topological polar surface area (TPSA) is 66.4 Å². The molecule has 1 saturated carbocycles. The third-order valence-electron chi connectivity index (χ3n) is 3.68. The van der Waals surface area contributed by atoms with Crippen molar-refractivity contribution in [3.8, 4) is 0 Å². The van der Waals surface area contributed by atoms with E-state index in [-0.39, 0.29) is 12.5 Å². The first-order valence-corrected chi connectivity index (χ1v) is 7.97. The number of hydrogen-bond donors (Lipinski definition) is 2. The highest BCUT2D eigenvalue weighted by Crippen LogP contribution is 2.36. The molecule has 1 fully saturated rings. The van der Waals surface area contributed by atoms with Gasteiger partial charge in [0, 0.05) is 11.0 Å². The molecular formula is C13H16BrNO3S. The van der Waals surface area contributed by atoms with Gasteiger partial charge in [-0.3, -0.25) is 9.59 Å². The number of carboxylic acids is 1. The lowest BCUT2D eigenvalue weighted by atomic mass is 9.74. The third-order valence-corrected chi connectivity index (χ3v) is 5.51. The molecule has 0 atom stereocenters. The highest BCUT2D eigenvalue weighted by Gasteiger charge is 2.39. The largest absolute Gasteiger partial charge is 0.481 e. The number of carbonyl (C=O) groups is 2. The zero-order chi connectivity index (χ0) is 13.9. The number of rotatable bonds is 4. The molecule has 0 unspecified atom stereocenters. The van der Waals surface area contributed by atoms with Crippen LogP contribution >= 0.6 is 27.3 Å². The maximum absolute atomic E-state index is 12.0. The van der Waals surface area contributed by atoms with E-state index in [0.29, 0.717) is 17.7 Å². The number of hydrogen-bond acceptors (Lipinski definition) is 3. The molecule has 0 radical (unpaired) electrons. The van der Waals surface area contributed by atoms with Gasteiger partial charge in [0.05, 0.1) is 5.41 Å². The molecule has 1 aromatic heterocycles. The second kappa shape index (κ2) is 6.05. The Balaban J connectivity index is 2.02. The fourth-order valence-corrected chi connectivity index (χ4v) is 3.95. The number of nitrogens with one attached hydrogen (secondary N) is 1. The van der Waals surface area contributed by atoms with Crippen LogP contribution in [0.5, 0.6) is 0 Å². The Morgan fingerprint density at radius 3 is 2.58 bits per heavy atom. The second-order valence-electron chi connectivity index (χ2n) is 4.93. The van der Waals surface area contributed by atoms with Crippen molar-refractivity contribution in [1.29, 1.82) is 0 Å². The van der Waals surface area contributed by atoms with Crippen LogP contribution in [0.1, 0.15) is 41.8 Å². The summed E-state index contributed by atoms with van der Waals surface area (Å²) in [5.41, 5.74) is -0.780. The maximum Gasteiger partial charge on any atom is 0.311 e. The molecule has 4 nitrogen and oxygen atoms in total. The highest BCUT2D eigenvalue weighted by atomic mass is 79.9. The molecule has 1 aromatic rings. The van der Waals surface area contributed by atoms with Gasteiger partial charge in [0.1, 0.15) is 4.88 Å². The van der Waals surface area contributed by atoms with Crippen LogP contribution in [0.25, 0.3) is 0 Å². The van der Waals surface area contributed by atoms with E-state index >= 15 is 0 Å². The van der Waals surface area contributed by atoms with Crippen LogP contribution in [0.15, 0.2) is 15.9 Å². The van der Waals surface area contributed by atoms with Crippen molar-refractivity contribution in [2.24, 2.45) is 5.41 Å². The summed E-state index contributed by atoms with van der Waals surface area (Å²) in [6.07, 6.45) is 4.22. The van der Waals surface area contributed by atoms with E-state index in [0.717, 1.165) is 23.7 Å². The molecule has 0 aromatic carbocycles. The first kappa shape index (κ1) is 14.5. The van der Waals surface area contributed by atoms with Crippen LogP contribution in [0.4, 0.5) is 0 Å². The molecule has 0 aliphatic heterocycles. The van der Waals surface area contributed by atoms with Crippen molar-refractivity contribution >= 4 is 39.1 Å². The number of carboxylic acid groups (broad SMARTS) is 1. The van der Waals surface area contributed by atoms with Gasteiger partial charge in [-0.2, -0.15) is 0 Å². The minimum Gasteiger partial charge on any atom is -0.481 e. The predicted molar refractivity (Wildman–Crippen MR) is 77.5 cm³/mol. The fourth-order valence-electron chi connectivity index (χ4n) is 2.48. The lowest BCUT2D eigenvalue weighted by Gasteiger charge is -2.33. The Labute approximate surface area is 124 Å². The van der Waals surface area contributed by atoms with Crippen LogP contribution in [0, 0.1) is 5.41 Å². The molecular weight excluding hydrogens is 330 g/mol. The standard InChI is InChI=1S/C13H16BrNO3S/c14-9-4-7-19-10(9)11(16)15-8-13(12(17)18)5-2-1-3-6-13/h4,7H,1-3,5-6,8H2,(H,15,16)(H,17,18). The Morgan fingerprint density at radius 2 is 2.05 bits per heavy atom. The van der Waals surface area contributed by atoms with Gasteiger partial charge in [-0.25, -0.2) is 0 Å². The molecule has 6 heteroatoms. The van der Waals surface area contributed by atoms with E-state index in [9.17, 15) is 14.7 Å². The Hall–Kier alpha value is -0.880. The summed E-state index contributed by atoms with van der Waals surface area (Å²) in [5.74, 6) is -0.995. The zero-order valence-electron chi connectivity index (χ0n) is 10.4. The van der Waals surface area contributed by atoms with E-state index in [1.165, 1.54) is 11.3 Å². The number of aliphatic carboxylic acids is 1. The monoisotopic (exact) mass is 345 g/mol. The average Bonchev–Trinajstić information content (AvgIpc) is 2.83. The van der Waals surface area contributed by atoms with Gasteiger partial charge >= 0.3 is 5.97 Å². The first-order chi connectivity index (χ1) is 9.05. The van der Waals surface area contributed by atoms with Gasteiger partial charge in [0.2, 0.25) is 0 Å². The third kappa shape index (κ3) is 3.17. The summed E-state index contributed by atoms with van der Waals surface area (Å²) in [6, 6.07) is 1.81. The molecule has 1 aliphatic carbocycles. The number of thiophene rings is 1. The number of amides is 1. The summed E-state index contributed by atoms with van der Waals surface area (Å²) >= 11 is 4.65. The van der Waals surface area contributed by atoms with Gasteiger partial charge in [-0.1, -0.05) is 19.3 Å². The van der Waals surface area contributed by atoms with E-state index in [1.807, 2.05) is 11.4 Å². The van der Waals surface area contributed by atoms with Crippen LogP contribution in [-0.2, 0) is 4.79 Å². The van der Waals surface area contributed by atoms with Crippen LogP contribution in [-0.4, -0.2) is 23.5 Å². The average molecular weight is 346 g/mol. The SMILES string of the molecule is O=C(NCC1(C(=O)O)CCCCC1)c1sccc1Br. The van der Waals surface area contributed by atoms with Crippen LogP contribution in [0.2, 0.25) is 0 Å². The summed E-state index contributed by atoms with van der Waals surface area (Å²) < 4.78 is 0.753. The summed E-state index contributed by atoms with van der Waals surface area (Å²) in [7, 11) is 0. The zero-order valence-corrected chi connectivity index (χ0v) is 12.8. The first-order valence-electron chi connectivity index (χ1n) is 6.30. The van der Waals surface area contributed by atoms with Crippen LogP contribution in [0.3, 0.4) is 0 Å². The highest BCUT2D eigenvalue weighted by molar-refractivity contribution is 9.10. The Kier molecular flexibility index (Phi) is 4.62. The number of halogens is 1. The van der Waals surface area contributed by atoms with E-state index in [1.54, 1.807) is 0 Å². The molecule has 0 bridgehead atoms. The van der Waals surface area contributed by atoms with Gasteiger partial charge in [-0.05, 0) is 40.2 Å². The predicted octanol–water partition coefficient (Wildman–Crippen LogP) is 3.28. The quantitative estimate of drug-likeness (QED) is 0.879. The van der Waals surface area contributed by atoms with Crippen molar-refractivity contribution in [3.63, 3.8) is 0 Å². The molecule has 19 heavy (non-hydrogen) atoms. The van der Waals surface area contributed by atoms with E-state index < -0.39 is 11.4 Å². The van der Waals surface area contributed by atoms with E-state index in [2.05, 4.69) is 21.2 Å². The normalized spacial score (nSPS) is 17.9. The maximum atomic E-state index is 12.0. The molecule has 1 aliphatic rings. The molecule has 104 valence electrons. The van der Waals surface area contributed by atoms with Crippen LogP contribution < -0.4 is 5.32 Å². The fraction of sp³-hybridized carbons (Fsp3) is 0.538. The number of carbonyl (C=O) groups excluding carboxylic acids is 1. The molecule has 0 spiro atoms. The molecule has 0 saturated heterocycles. The van der Waals surface area contributed by atoms with Crippen molar-refractivity contribution in [3.05, 3.63) is 20.8 Å². The summed E-state index contributed by atoms with van der Waals surface area (Å²) in [5, 5.41) is 14.0. The molecule has 2 rings (SSSR count). The summed E-state index contributed by atoms with van der Waals surface area (Å²) in [6.45, 7) is 0.214. The lowest BCUT2D eigenvalue weighted by Crippen LogP contribution is -2.44. The summed E-state index contributed by atoms with van der Waals surface area (Å²) in [4.78, 5) is 24.1. The lowest BCUT2D eigenvalue weighted by molar-refractivity contribution is -0.150. The minimum atomic E-state index is -0.794. The molecule has 1 heterocycles.